The molecule has 1 aromatic heterocycles. The fourth-order valence-electron chi connectivity index (χ4n) is 3.05. The lowest BCUT2D eigenvalue weighted by atomic mass is 10.1. The second-order valence-electron chi connectivity index (χ2n) is 6.69. The number of hydrogen-bond donors (Lipinski definition) is 1. The number of furan rings is 1. The van der Waals surface area contributed by atoms with Crippen LogP contribution in [0.25, 0.3) is 17.4 Å². The van der Waals surface area contributed by atoms with E-state index in [4.69, 9.17) is 16.0 Å². The zero-order chi connectivity index (χ0) is 22.7. The molecule has 0 aliphatic carbocycles. The standard InChI is InChI=1S/C23H14ClN3O4S/c24-15-5-3-6-16(10-15)26-21(28)13-27-22(29)20(32-23(27)30)11-17-8-9-19(31-17)18-7-2-1-4-14(18)12-25/h1-11H,13H2,(H,26,28)/b20-11-. The van der Waals surface area contributed by atoms with Crippen molar-refractivity contribution in [1.82, 2.24) is 4.90 Å². The van der Waals surface area contributed by atoms with E-state index in [0.717, 1.165) is 16.7 Å². The van der Waals surface area contributed by atoms with Crippen molar-refractivity contribution < 1.29 is 18.8 Å². The van der Waals surface area contributed by atoms with E-state index < -0.39 is 23.6 Å². The highest BCUT2D eigenvalue weighted by Crippen LogP contribution is 2.33. The topological polar surface area (TPSA) is 103 Å². The van der Waals surface area contributed by atoms with Gasteiger partial charge in [0, 0.05) is 22.3 Å². The molecule has 1 saturated heterocycles. The molecule has 1 aliphatic heterocycles. The van der Waals surface area contributed by atoms with Crippen LogP contribution in [0.4, 0.5) is 10.5 Å². The van der Waals surface area contributed by atoms with Gasteiger partial charge < -0.3 is 9.73 Å². The van der Waals surface area contributed by atoms with Crippen molar-refractivity contribution in [2.75, 3.05) is 11.9 Å². The van der Waals surface area contributed by atoms with Crippen LogP contribution in [0.15, 0.2) is 70.0 Å². The molecule has 3 amide bonds. The summed E-state index contributed by atoms with van der Waals surface area (Å²) in [5, 5.41) is 11.8. The smallest absolute Gasteiger partial charge is 0.294 e. The van der Waals surface area contributed by atoms with Crippen molar-refractivity contribution in [3.63, 3.8) is 0 Å². The first-order valence-corrected chi connectivity index (χ1v) is 10.5. The van der Waals surface area contributed by atoms with Crippen molar-refractivity contribution in [3.05, 3.63) is 81.9 Å². The number of anilines is 1. The number of halogens is 1. The normalized spacial score (nSPS) is 14.6. The maximum absolute atomic E-state index is 12.7. The van der Waals surface area contributed by atoms with E-state index in [1.807, 2.05) is 0 Å². The minimum absolute atomic E-state index is 0.139. The highest BCUT2D eigenvalue weighted by Gasteiger charge is 2.36. The number of thioether (sulfide) groups is 1. The summed E-state index contributed by atoms with van der Waals surface area (Å²) < 4.78 is 5.75. The molecule has 0 spiro atoms. The van der Waals surface area contributed by atoms with Gasteiger partial charge in [-0.15, -0.1) is 0 Å². The average molecular weight is 464 g/mol. The molecule has 1 N–H and O–H groups in total. The molecule has 4 rings (SSSR count). The van der Waals surface area contributed by atoms with Gasteiger partial charge in [-0.25, -0.2) is 0 Å². The SMILES string of the molecule is N#Cc1ccccc1-c1ccc(/C=C2\SC(=O)N(CC(=O)Nc3cccc(Cl)c3)C2=O)o1. The summed E-state index contributed by atoms with van der Waals surface area (Å²) in [6.45, 7) is -0.423. The second kappa shape index (κ2) is 9.14. The number of hydrogen-bond acceptors (Lipinski definition) is 6. The molecule has 3 aromatic rings. The van der Waals surface area contributed by atoms with Crippen LogP contribution in [0, 0.1) is 11.3 Å². The molecule has 7 nitrogen and oxygen atoms in total. The van der Waals surface area contributed by atoms with Gasteiger partial charge in [0.05, 0.1) is 16.5 Å². The lowest BCUT2D eigenvalue weighted by molar-refractivity contribution is -0.127. The first kappa shape index (κ1) is 21.4. The van der Waals surface area contributed by atoms with Crippen LogP contribution < -0.4 is 5.32 Å². The Labute approximate surface area is 192 Å². The molecular weight excluding hydrogens is 450 g/mol. The van der Waals surface area contributed by atoms with Gasteiger partial charge in [-0.1, -0.05) is 29.8 Å². The number of nitrogens with one attached hydrogen (secondary N) is 1. The molecular formula is C23H14ClN3O4S. The number of rotatable bonds is 5. The first-order chi connectivity index (χ1) is 15.4. The van der Waals surface area contributed by atoms with E-state index >= 15 is 0 Å². The lowest BCUT2D eigenvalue weighted by Gasteiger charge is -2.12. The summed E-state index contributed by atoms with van der Waals surface area (Å²) in [6.07, 6.45) is 1.44. The molecule has 0 atom stereocenters. The second-order valence-corrected chi connectivity index (χ2v) is 8.12. The molecule has 1 aliphatic rings. The molecule has 2 aromatic carbocycles. The largest absolute Gasteiger partial charge is 0.457 e. The molecule has 2 heterocycles. The molecule has 32 heavy (non-hydrogen) atoms. The van der Waals surface area contributed by atoms with Gasteiger partial charge in [-0.05, 0) is 54.2 Å². The summed E-state index contributed by atoms with van der Waals surface area (Å²) in [4.78, 5) is 38.3. The Balaban J connectivity index is 1.47. The predicted octanol–water partition coefficient (Wildman–Crippen LogP) is 5.15. The number of amides is 3. The fraction of sp³-hybridized carbons (Fsp3) is 0.0435. The zero-order valence-electron chi connectivity index (χ0n) is 16.4. The maximum atomic E-state index is 12.7. The minimum Gasteiger partial charge on any atom is -0.457 e. The highest BCUT2D eigenvalue weighted by molar-refractivity contribution is 8.18. The van der Waals surface area contributed by atoms with Crippen LogP contribution in [-0.4, -0.2) is 28.5 Å². The van der Waals surface area contributed by atoms with Crippen LogP contribution in [-0.2, 0) is 9.59 Å². The van der Waals surface area contributed by atoms with Gasteiger partial charge in [0.1, 0.15) is 18.1 Å². The van der Waals surface area contributed by atoms with E-state index in [1.54, 1.807) is 60.7 Å². The minimum atomic E-state index is -0.586. The van der Waals surface area contributed by atoms with Gasteiger partial charge in [0.2, 0.25) is 5.91 Å². The highest BCUT2D eigenvalue weighted by atomic mass is 35.5. The van der Waals surface area contributed by atoms with Gasteiger partial charge in [0.15, 0.2) is 0 Å². The lowest BCUT2D eigenvalue weighted by Crippen LogP contribution is -2.36. The Kier molecular flexibility index (Phi) is 6.12. The average Bonchev–Trinajstić information content (AvgIpc) is 3.34. The van der Waals surface area contributed by atoms with Gasteiger partial charge in [0.25, 0.3) is 11.1 Å². The van der Waals surface area contributed by atoms with E-state index in [0.29, 0.717) is 33.4 Å². The Morgan fingerprint density at radius 1 is 1.16 bits per heavy atom. The summed E-state index contributed by atoms with van der Waals surface area (Å²) in [5.41, 5.74) is 1.55. The van der Waals surface area contributed by atoms with E-state index in [1.165, 1.54) is 6.08 Å². The Morgan fingerprint density at radius 2 is 1.97 bits per heavy atom. The first-order valence-electron chi connectivity index (χ1n) is 9.35. The molecule has 0 radical (unpaired) electrons. The van der Waals surface area contributed by atoms with Crippen LogP contribution in [0.5, 0.6) is 0 Å². The zero-order valence-corrected chi connectivity index (χ0v) is 17.9. The van der Waals surface area contributed by atoms with Crippen molar-refractivity contribution in [2.24, 2.45) is 0 Å². The third-order valence-electron chi connectivity index (χ3n) is 4.50. The summed E-state index contributed by atoms with van der Waals surface area (Å²) >= 11 is 6.62. The number of carbonyl (C=O) groups is 3. The van der Waals surface area contributed by atoms with Crippen LogP contribution in [0.1, 0.15) is 11.3 Å². The van der Waals surface area contributed by atoms with Crippen molar-refractivity contribution in [3.8, 4) is 17.4 Å². The van der Waals surface area contributed by atoms with E-state index in [-0.39, 0.29) is 4.91 Å². The number of nitriles is 1. The van der Waals surface area contributed by atoms with Crippen LogP contribution in [0.2, 0.25) is 5.02 Å². The molecule has 0 bridgehead atoms. The Morgan fingerprint density at radius 3 is 2.75 bits per heavy atom. The Hall–Kier alpha value is -3.80. The van der Waals surface area contributed by atoms with Crippen molar-refractivity contribution in [1.29, 1.82) is 5.26 Å². The molecule has 1 fully saturated rings. The molecule has 9 heteroatoms. The van der Waals surface area contributed by atoms with Gasteiger partial charge >= 0.3 is 0 Å². The summed E-state index contributed by atoms with van der Waals surface area (Å²) in [6, 6.07) is 19.0. The van der Waals surface area contributed by atoms with Crippen molar-refractivity contribution in [2.45, 2.75) is 0 Å². The Bertz CT molecular complexity index is 1310. The predicted molar refractivity (Wildman–Crippen MR) is 122 cm³/mol. The number of carbonyl (C=O) groups excluding carboxylic acids is 3. The van der Waals surface area contributed by atoms with E-state index in [2.05, 4.69) is 11.4 Å². The maximum Gasteiger partial charge on any atom is 0.294 e. The fourth-order valence-corrected chi connectivity index (χ4v) is 4.06. The third kappa shape index (κ3) is 4.59. The van der Waals surface area contributed by atoms with Crippen LogP contribution in [0.3, 0.4) is 0 Å². The number of benzene rings is 2. The number of imide groups is 1. The summed E-state index contributed by atoms with van der Waals surface area (Å²) in [5.74, 6) is -0.295. The van der Waals surface area contributed by atoms with Crippen molar-refractivity contribution >= 4 is 52.2 Å². The molecule has 158 valence electrons. The quantitative estimate of drug-likeness (QED) is 0.525. The van der Waals surface area contributed by atoms with Gasteiger partial charge in [-0.3, -0.25) is 19.3 Å². The third-order valence-corrected chi connectivity index (χ3v) is 5.64. The summed E-state index contributed by atoms with van der Waals surface area (Å²) in [7, 11) is 0. The van der Waals surface area contributed by atoms with Gasteiger partial charge in [-0.2, -0.15) is 5.26 Å². The molecule has 0 unspecified atom stereocenters. The van der Waals surface area contributed by atoms with Crippen LogP contribution >= 0.6 is 23.4 Å². The monoisotopic (exact) mass is 463 g/mol. The van der Waals surface area contributed by atoms with E-state index in [9.17, 15) is 19.6 Å². The number of nitrogens with zero attached hydrogens (tertiary/aromatic N) is 2. The molecule has 0 saturated carbocycles.